The maximum Gasteiger partial charge on any atom is 0.253 e. The fourth-order valence-corrected chi connectivity index (χ4v) is 6.21. The minimum Gasteiger partial charge on any atom is -0.417 e. The van der Waals surface area contributed by atoms with Crippen molar-refractivity contribution in [2.75, 3.05) is 38.6 Å². The molecule has 3 N–H and O–H groups in total. The van der Waals surface area contributed by atoms with Crippen molar-refractivity contribution in [1.82, 2.24) is 10.2 Å². The van der Waals surface area contributed by atoms with Crippen LogP contribution in [0.1, 0.15) is 68.4 Å². The number of rotatable bonds is 11. The Morgan fingerprint density at radius 3 is 2.41 bits per heavy atom. The highest BCUT2D eigenvalue weighted by Gasteiger charge is 2.52. The molecule has 1 aliphatic rings. The highest BCUT2D eigenvalue weighted by Crippen LogP contribution is 2.41. The summed E-state index contributed by atoms with van der Waals surface area (Å²) >= 11 is 5.95. The van der Waals surface area contributed by atoms with Crippen molar-refractivity contribution in [1.29, 1.82) is 0 Å². The second-order valence-corrected chi connectivity index (χ2v) is 18.1. The Balaban J connectivity index is 1.83. The van der Waals surface area contributed by atoms with E-state index in [9.17, 15) is 19.1 Å². The molecule has 3 rings (SSSR count). The van der Waals surface area contributed by atoms with Gasteiger partial charge in [0.25, 0.3) is 5.91 Å². The molecule has 1 atom stereocenters. The molecule has 7 nitrogen and oxygen atoms in total. The molecule has 2 amide bonds. The molecule has 1 heterocycles. The van der Waals surface area contributed by atoms with Crippen LogP contribution in [0, 0.1) is 5.82 Å². The largest absolute Gasteiger partial charge is 0.417 e. The summed E-state index contributed by atoms with van der Waals surface area (Å²) in [4.78, 5) is 28.6. The number of amides is 2. The Kier molecular flexibility index (Phi) is 10.5. The van der Waals surface area contributed by atoms with Crippen LogP contribution in [-0.4, -0.2) is 69.5 Å². The van der Waals surface area contributed by atoms with E-state index in [1.54, 1.807) is 0 Å². The third-order valence-electron chi connectivity index (χ3n) is 8.49. The van der Waals surface area contributed by atoms with E-state index in [1.807, 2.05) is 24.3 Å². The lowest BCUT2D eigenvalue weighted by atomic mass is 9.69. The number of halogens is 2. The number of likely N-dealkylation sites (tertiary alicyclic amines) is 1. The number of benzene rings is 2. The van der Waals surface area contributed by atoms with Gasteiger partial charge in [0.05, 0.1) is 27.8 Å². The molecule has 0 aliphatic carbocycles. The maximum atomic E-state index is 14.4. The molecule has 2 aromatic carbocycles. The summed E-state index contributed by atoms with van der Waals surface area (Å²) in [5.41, 5.74) is 1.11. The molecule has 1 fully saturated rings. The van der Waals surface area contributed by atoms with Crippen molar-refractivity contribution in [3.05, 3.63) is 63.9 Å². The number of aliphatic hydroxyl groups is 1. The molecule has 0 spiro atoms. The average molecular weight is 606 g/mol. The number of nitrogens with zero attached hydrogens (tertiary/aromatic N) is 1. The molecule has 10 heteroatoms. The topological polar surface area (TPSA) is 90.9 Å². The van der Waals surface area contributed by atoms with Crippen molar-refractivity contribution in [3.8, 4) is 0 Å². The van der Waals surface area contributed by atoms with Gasteiger partial charge in [0, 0.05) is 33.3 Å². The van der Waals surface area contributed by atoms with Crippen LogP contribution in [0.5, 0.6) is 0 Å². The van der Waals surface area contributed by atoms with Crippen molar-refractivity contribution >= 4 is 37.4 Å². The van der Waals surface area contributed by atoms with Crippen LogP contribution in [-0.2, 0) is 14.6 Å². The Labute approximate surface area is 249 Å². The summed E-state index contributed by atoms with van der Waals surface area (Å²) in [6, 6.07) is 10.1. The molecule has 0 bridgehead atoms. The van der Waals surface area contributed by atoms with Gasteiger partial charge in [0.2, 0.25) is 5.91 Å². The van der Waals surface area contributed by atoms with Crippen LogP contribution in [0.4, 0.5) is 10.1 Å². The van der Waals surface area contributed by atoms with Gasteiger partial charge in [-0.25, -0.2) is 4.39 Å². The standard InChI is InChI=1S/C31H45ClFN3O4Si/c1-20(2)22-11-9-10-12-24(22)31(29(39)35-27-16-26(33)25(32)15-23(27)28(38)34-6)18-36(19-31)17-21(37)13-14-40-41(7,8)30(3,4)5/h9-12,15-16,20-21,37H,13-14,17-19H2,1-8H3,(H,34,38)(H,35,39). The smallest absolute Gasteiger partial charge is 0.253 e. The molecule has 226 valence electrons. The van der Waals surface area contributed by atoms with E-state index in [4.69, 9.17) is 16.0 Å². The SMILES string of the molecule is CNC(=O)c1cc(Cl)c(F)cc1NC(=O)C1(c2ccccc2C(C)C)CN(CC(O)CCO[Si](C)(C)C(C)(C)C)C1. The maximum absolute atomic E-state index is 14.4. The number of nitrogens with one attached hydrogen (secondary N) is 2. The quantitative estimate of drug-likeness (QED) is 0.276. The average Bonchev–Trinajstić information content (AvgIpc) is 2.86. The molecule has 1 saturated heterocycles. The van der Waals surface area contributed by atoms with Gasteiger partial charge in [-0.3, -0.25) is 14.5 Å². The molecule has 1 aliphatic heterocycles. The Bertz CT molecular complexity index is 1260. The molecule has 2 aromatic rings. The monoisotopic (exact) mass is 605 g/mol. The van der Waals surface area contributed by atoms with E-state index in [0.717, 1.165) is 17.2 Å². The molecule has 1 unspecified atom stereocenters. The van der Waals surface area contributed by atoms with Gasteiger partial charge < -0.3 is 20.2 Å². The lowest BCUT2D eigenvalue weighted by molar-refractivity contribution is -0.129. The van der Waals surface area contributed by atoms with Crippen LogP contribution in [0.25, 0.3) is 0 Å². The summed E-state index contributed by atoms with van der Waals surface area (Å²) in [6.07, 6.45) is -0.101. The van der Waals surface area contributed by atoms with Crippen LogP contribution >= 0.6 is 11.6 Å². The van der Waals surface area contributed by atoms with Crippen LogP contribution in [0.3, 0.4) is 0 Å². The fraction of sp³-hybridized carbons (Fsp3) is 0.548. The second-order valence-electron chi connectivity index (χ2n) is 12.9. The molecule has 0 radical (unpaired) electrons. The molecule has 41 heavy (non-hydrogen) atoms. The predicted octanol–water partition coefficient (Wildman–Crippen LogP) is 5.93. The Morgan fingerprint density at radius 1 is 1.20 bits per heavy atom. The minimum absolute atomic E-state index is 0.0546. The van der Waals surface area contributed by atoms with E-state index in [2.05, 4.69) is 63.2 Å². The lowest BCUT2D eigenvalue weighted by Gasteiger charge is -2.50. The van der Waals surface area contributed by atoms with Gasteiger partial charge >= 0.3 is 0 Å². The second kappa shape index (κ2) is 12.9. The van der Waals surface area contributed by atoms with Crippen LogP contribution in [0.15, 0.2) is 36.4 Å². The van der Waals surface area contributed by atoms with E-state index in [0.29, 0.717) is 32.7 Å². The predicted molar refractivity (Wildman–Crippen MR) is 166 cm³/mol. The number of anilines is 1. The fourth-order valence-electron chi connectivity index (χ4n) is 4.99. The number of carbonyl (C=O) groups excluding carboxylic acids is 2. The molecule has 0 saturated carbocycles. The number of β-amino-alcohol motifs (C(OH)–C–C–N with tert-alkyl or cyclic N) is 1. The molecular weight excluding hydrogens is 561 g/mol. The number of aliphatic hydroxyl groups excluding tert-OH is 1. The summed E-state index contributed by atoms with van der Waals surface area (Å²) in [6.45, 7) is 16.7. The van der Waals surface area contributed by atoms with Crippen molar-refractivity contribution in [3.63, 3.8) is 0 Å². The molecular formula is C31H45ClFN3O4Si. The summed E-state index contributed by atoms with van der Waals surface area (Å²) in [5, 5.41) is 16.1. The normalized spacial score (nSPS) is 16.3. The Hall–Kier alpha value is -2.30. The highest BCUT2D eigenvalue weighted by atomic mass is 35.5. The lowest BCUT2D eigenvalue weighted by Crippen LogP contribution is -2.66. The first-order chi connectivity index (χ1) is 19.0. The van der Waals surface area contributed by atoms with Crippen molar-refractivity contribution in [2.45, 2.75) is 76.6 Å². The zero-order chi connectivity index (χ0) is 30.8. The van der Waals surface area contributed by atoms with Crippen LogP contribution in [0.2, 0.25) is 23.2 Å². The Morgan fingerprint density at radius 2 is 1.83 bits per heavy atom. The minimum atomic E-state index is -1.91. The number of carbonyl (C=O) groups is 2. The van der Waals surface area contributed by atoms with E-state index in [1.165, 1.54) is 13.1 Å². The van der Waals surface area contributed by atoms with Crippen molar-refractivity contribution in [2.24, 2.45) is 0 Å². The highest BCUT2D eigenvalue weighted by molar-refractivity contribution is 6.74. The third-order valence-corrected chi connectivity index (χ3v) is 13.3. The van der Waals surface area contributed by atoms with Crippen LogP contribution < -0.4 is 10.6 Å². The van der Waals surface area contributed by atoms with Gasteiger partial charge in [-0.05, 0) is 53.7 Å². The van der Waals surface area contributed by atoms with Gasteiger partial charge in [-0.2, -0.15) is 0 Å². The van der Waals surface area contributed by atoms with Crippen molar-refractivity contribution < 1.29 is 23.5 Å². The van der Waals surface area contributed by atoms with Gasteiger partial charge in [-0.15, -0.1) is 0 Å². The first-order valence-corrected chi connectivity index (χ1v) is 17.5. The van der Waals surface area contributed by atoms with Gasteiger partial charge in [-0.1, -0.05) is 70.5 Å². The summed E-state index contributed by atoms with van der Waals surface area (Å²) < 4.78 is 20.7. The van der Waals surface area contributed by atoms with E-state index in [-0.39, 0.29) is 33.1 Å². The summed E-state index contributed by atoms with van der Waals surface area (Å²) in [5.74, 6) is -1.40. The number of hydrogen-bond acceptors (Lipinski definition) is 5. The van der Waals surface area contributed by atoms with Gasteiger partial charge in [0.1, 0.15) is 5.82 Å². The number of hydrogen-bond donors (Lipinski definition) is 3. The third kappa shape index (κ3) is 7.38. The zero-order valence-corrected chi connectivity index (χ0v) is 27.3. The molecule has 0 aromatic heterocycles. The summed E-state index contributed by atoms with van der Waals surface area (Å²) in [7, 11) is -0.450. The first kappa shape index (κ1) is 33.2. The van der Waals surface area contributed by atoms with E-state index >= 15 is 0 Å². The van der Waals surface area contributed by atoms with E-state index < -0.39 is 31.6 Å². The zero-order valence-electron chi connectivity index (χ0n) is 25.5. The van der Waals surface area contributed by atoms with Gasteiger partial charge in [0.15, 0.2) is 8.32 Å². The first-order valence-electron chi connectivity index (χ1n) is 14.2.